The minimum Gasteiger partial charge on any atom is -0.351 e. The van der Waals surface area contributed by atoms with E-state index in [0.717, 1.165) is 20.9 Å². The highest BCUT2D eigenvalue weighted by molar-refractivity contribution is 9.10. The number of ketones is 1. The van der Waals surface area contributed by atoms with E-state index < -0.39 is 0 Å². The zero-order chi connectivity index (χ0) is 11.2. The molecule has 4 heteroatoms. The van der Waals surface area contributed by atoms with Crippen molar-refractivity contribution in [3.05, 3.63) is 32.9 Å². The number of aromatic amines is 1. The number of aryl methyl sites for hydroxylation is 1. The number of aromatic nitrogens is 1. The average Bonchev–Trinajstić information content (AvgIpc) is 2.44. The van der Waals surface area contributed by atoms with E-state index in [4.69, 9.17) is 11.6 Å². The monoisotopic (exact) mass is 285 g/mol. The van der Waals surface area contributed by atoms with Gasteiger partial charge in [0.15, 0.2) is 5.78 Å². The summed E-state index contributed by atoms with van der Waals surface area (Å²) >= 11 is 9.37. The van der Waals surface area contributed by atoms with Gasteiger partial charge < -0.3 is 4.98 Å². The van der Waals surface area contributed by atoms with Gasteiger partial charge in [-0.3, -0.25) is 4.79 Å². The van der Waals surface area contributed by atoms with Crippen molar-refractivity contribution in [1.29, 1.82) is 0 Å². The van der Waals surface area contributed by atoms with Crippen LogP contribution in [0.25, 0.3) is 10.9 Å². The van der Waals surface area contributed by atoms with Crippen molar-refractivity contribution in [3.63, 3.8) is 0 Å². The van der Waals surface area contributed by atoms with Gasteiger partial charge in [-0.1, -0.05) is 11.6 Å². The molecule has 0 unspecified atom stereocenters. The van der Waals surface area contributed by atoms with Crippen LogP contribution in [0.5, 0.6) is 0 Å². The molecule has 0 spiro atoms. The maximum Gasteiger partial charge on any atom is 0.176 e. The molecule has 1 N–H and O–H groups in total. The predicted octanol–water partition coefficient (Wildman–Crippen LogP) is 4.09. The topological polar surface area (TPSA) is 32.9 Å². The van der Waals surface area contributed by atoms with Crippen molar-refractivity contribution in [2.45, 2.75) is 13.8 Å². The Kier molecular flexibility index (Phi) is 2.61. The van der Waals surface area contributed by atoms with Crippen LogP contribution in [-0.4, -0.2) is 10.8 Å². The van der Waals surface area contributed by atoms with Crippen molar-refractivity contribution in [2.75, 3.05) is 0 Å². The molecule has 1 aromatic heterocycles. The molecule has 0 aliphatic rings. The van der Waals surface area contributed by atoms with Gasteiger partial charge in [-0.25, -0.2) is 0 Å². The predicted molar refractivity (Wildman–Crippen MR) is 65.8 cm³/mol. The summed E-state index contributed by atoms with van der Waals surface area (Å²) in [6, 6.07) is 3.67. The van der Waals surface area contributed by atoms with Gasteiger partial charge in [0, 0.05) is 21.8 Å². The summed E-state index contributed by atoms with van der Waals surface area (Å²) in [5, 5.41) is 1.64. The lowest BCUT2D eigenvalue weighted by molar-refractivity contribution is 0.101. The third-order valence-electron chi connectivity index (χ3n) is 2.44. The van der Waals surface area contributed by atoms with Crippen LogP contribution >= 0.6 is 27.5 Å². The summed E-state index contributed by atoms with van der Waals surface area (Å²) in [4.78, 5) is 14.5. The van der Waals surface area contributed by atoms with E-state index in [2.05, 4.69) is 20.9 Å². The highest BCUT2D eigenvalue weighted by Crippen LogP contribution is 2.31. The Bertz CT molecular complexity index is 559. The Hall–Kier alpha value is -0.800. The quantitative estimate of drug-likeness (QED) is 0.787. The molecule has 2 nitrogen and oxygen atoms in total. The standard InChI is InChI=1S/C11H9BrClNO/c1-5-8-3-7(13)4-9(12)11(8)14-10(5)6(2)15/h3-4,14H,1-2H3. The van der Waals surface area contributed by atoms with Crippen LogP contribution in [0.2, 0.25) is 5.02 Å². The Morgan fingerprint density at radius 2 is 2.13 bits per heavy atom. The van der Waals surface area contributed by atoms with E-state index in [0.29, 0.717) is 10.7 Å². The number of hydrogen-bond acceptors (Lipinski definition) is 1. The Labute approximate surface area is 101 Å². The van der Waals surface area contributed by atoms with Crippen molar-refractivity contribution < 1.29 is 4.79 Å². The molecule has 0 bridgehead atoms. The van der Waals surface area contributed by atoms with Gasteiger partial charge in [-0.15, -0.1) is 0 Å². The summed E-state index contributed by atoms with van der Waals surface area (Å²) in [5.74, 6) is 0.0340. The number of carbonyl (C=O) groups excluding carboxylic acids is 1. The summed E-state index contributed by atoms with van der Waals surface area (Å²) in [6.45, 7) is 3.46. The van der Waals surface area contributed by atoms with Crippen molar-refractivity contribution in [2.24, 2.45) is 0 Å². The number of halogens is 2. The molecule has 0 aliphatic carbocycles. The lowest BCUT2D eigenvalue weighted by atomic mass is 10.1. The first-order valence-electron chi connectivity index (χ1n) is 4.49. The molecule has 0 fully saturated rings. The van der Waals surface area contributed by atoms with Gasteiger partial charge in [-0.05, 0) is 40.5 Å². The molecule has 0 atom stereocenters. The second kappa shape index (κ2) is 3.65. The van der Waals surface area contributed by atoms with Gasteiger partial charge in [0.1, 0.15) is 0 Å². The third kappa shape index (κ3) is 1.70. The van der Waals surface area contributed by atoms with Crippen LogP contribution in [0.1, 0.15) is 23.0 Å². The molecule has 0 saturated carbocycles. The van der Waals surface area contributed by atoms with Crippen LogP contribution in [0.4, 0.5) is 0 Å². The van der Waals surface area contributed by atoms with Crippen LogP contribution in [0.3, 0.4) is 0 Å². The van der Waals surface area contributed by atoms with E-state index in [9.17, 15) is 4.79 Å². The first-order chi connectivity index (χ1) is 7.00. The molecule has 0 saturated heterocycles. The van der Waals surface area contributed by atoms with E-state index >= 15 is 0 Å². The lowest BCUT2D eigenvalue weighted by Gasteiger charge is -1.96. The Morgan fingerprint density at radius 3 is 2.73 bits per heavy atom. The molecule has 1 aromatic carbocycles. The van der Waals surface area contributed by atoms with Crippen LogP contribution in [0.15, 0.2) is 16.6 Å². The first-order valence-corrected chi connectivity index (χ1v) is 5.66. The number of fused-ring (bicyclic) bond motifs is 1. The molecule has 1 heterocycles. The smallest absolute Gasteiger partial charge is 0.176 e. The van der Waals surface area contributed by atoms with Crippen LogP contribution in [0, 0.1) is 6.92 Å². The number of H-pyrrole nitrogens is 1. The van der Waals surface area contributed by atoms with Crippen LogP contribution in [-0.2, 0) is 0 Å². The average molecular weight is 287 g/mol. The first kappa shape index (κ1) is 10.7. The Balaban J connectivity index is 2.88. The molecular formula is C11H9BrClNO. The fourth-order valence-electron chi connectivity index (χ4n) is 1.70. The van der Waals surface area contributed by atoms with Gasteiger partial charge in [0.25, 0.3) is 0 Å². The zero-order valence-electron chi connectivity index (χ0n) is 8.32. The van der Waals surface area contributed by atoms with Crippen LogP contribution < -0.4 is 0 Å². The van der Waals surface area contributed by atoms with E-state index in [-0.39, 0.29) is 5.78 Å². The fourth-order valence-corrected chi connectivity index (χ4v) is 2.61. The van der Waals surface area contributed by atoms with E-state index in [1.54, 1.807) is 6.92 Å². The highest BCUT2D eigenvalue weighted by atomic mass is 79.9. The van der Waals surface area contributed by atoms with E-state index in [1.807, 2.05) is 19.1 Å². The number of rotatable bonds is 1. The minimum atomic E-state index is 0.0340. The lowest BCUT2D eigenvalue weighted by Crippen LogP contribution is -1.93. The number of Topliss-reactive ketones (excluding diaryl/α,β-unsaturated/α-hetero) is 1. The maximum absolute atomic E-state index is 11.4. The zero-order valence-corrected chi connectivity index (χ0v) is 10.7. The van der Waals surface area contributed by atoms with Crippen molar-refractivity contribution in [1.82, 2.24) is 4.98 Å². The largest absolute Gasteiger partial charge is 0.351 e. The van der Waals surface area contributed by atoms with Gasteiger partial charge >= 0.3 is 0 Å². The molecule has 15 heavy (non-hydrogen) atoms. The van der Waals surface area contributed by atoms with E-state index in [1.165, 1.54) is 0 Å². The minimum absolute atomic E-state index is 0.0340. The molecule has 0 aliphatic heterocycles. The van der Waals surface area contributed by atoms with Crippen molar-refractivity contribution in [3.8, 4) is 0 Å². The Morgan fingerprint density at radius 1 is 1.47 bits per heavy atom. The molecule has 0 radical (unpaired) electrons. The molecular weight excluding hydrogens is 277 g/mol. The second-order valence-corrected chi connectivity index (χ2v) is 4.78. The fraction of sp³-hybridized carbons (Fsp3) is 0.182. The van der Waals surface area contributed by atoms with Gasteiger partial charge in [0.2, 0.25) is 0 Å². The molecule has 0 amide bonds. The molecule has 2 rings (SSSR count). The number of carbonyl (C=O) groups is 1. The number of nitrogens with one attached hydrogen (secondary N) is 1. The third-order valence-corrected chi connectivity index (χ3v) is 3.28. The second-order valence-electron chi connectivity index (χ2n) is 3.49. The number of hydrogen-bond donors (Lipinski definition) is 1. The summed E-state index contributed by atoms with van der Waals surface area (Å²) in [5.41, 5.74) is 2.51. The summed E-state index contributed by atoms with van der Waals surface area (Å²) in [7, 11) is 0. The molecule has 2 aromatic rings. The van der Waals surface area contributed by atoms with Gasteiger partial charge in [0.05, 0.1) is 11.2 Å². The van der Waals surface area contributed by atoms with Crippen molar-refractivity contribution >= 4 is 44.2 Å². The SMILES string of the molecule is CC(=O)c1[nH]c2c(Br)cc(Cl)cc2c1C. The number of benzene rings is 1. The normalized spacial score (nSPS) is 10.9. The molecule has 78 valence electrons. The maximum atomic E-state index is 11.4. The van der Waals surface area contributed by atoms with Gasteiger partial charge in [-0.2, -0.15) is 0 Å². The summed E-state index contributed by atoms with van der Waals surface area (Å²) < 4.78 is 0.876. The summed E-state index contributed by atoms with van der Waals surface area (Å²) in [6.07, 6.45) is 0. The highest BCUT2D eigenvalue weighted by Gasteiger charge is 2.13.